The molecular weight excluding hydrogens is 334 g/mol. The summed E-state index contributed by atoms with van der Waals surface area (Å²) in [5.74, 6) is 0. The number of rotatable bonds is 4. The zero-order valence-electron chi connectivity index (χ0n) is 14.4. The molecule has 0 saturated carbocycles. The van der Waals surface area contributed by atoms with Gasteiger partial charge in [-0.1, -0.05) is 6.07 Å². The third-order valence-electron chi connectivity index (χ3n) is 4.30. The summed E-state index contributed by atoms with van der Waals surface area (Å²) in [6.45, 7) is 5.48. The van der Waals surface area contributed by atoms with Gasteiger partial charge in [0.15, 0.2) is 0 Å². The van der Waals surface area contributed by atoms with Crippen LogP contribution in [0.1, 0.15) is 21.7 Å². The Hall–Kier alpha value is -2.09. The van der Waals surface area contributed by atoms with Crippen molar-refractivity contribution in [2.75, 3.05) is 19.7 Å². The molecule has 1 aliphatic heterocycles. The lowest BCUT2D eigenvalue weighted by molar-refractivity contribution is -0.0346. The van der Waals surface area contributed by atoms with E-state index in [0.29, 0.717) is 0 Å². The molecule has 6 nitrogen and oxygen atoms in total. The highest BCUT2D eigenvalue weighted by molar-refractivity contribution is 7.11. The largest absolute Gasteiger partial charge is 0.369 e. The standard InChI is InChI=1S/C18H21N5OS/c1-13-19-9-15(25-13)11-23-6-7-24-18(12-23)17-5-3-4-16(21-17)14-8-20-22(2)10-14/h3-5,8-10,18H,6-7,11-12H2,1-2H3/t18-/m1/s1. The van der Waals surface area contributed by atoms with Crippen LogP contribution in [0, 0.1) is 6.92 Å². The number of ether oxygens (including phenoxy) is 1. The van der Waals surface area contributed by atoms with Crippen molar-refractivity contribution in [2.24, 2.45) is 7.05 Å². The van der Waals surface area contributed by atoms with E-state index in [1.807, 2.05) is 50.8 Å². The second-order valence-corrected chi connectivity index (χ2v) is 7.61. The maximum absolute atomic E-state index is 6.00. The number of thiazole rings is 1. The number of pyridine rings is 1. The van der Waals surface area contributed by atoms with Crippen molar-refractivity contribution >= 4 is 11.3 Å². The number of hydrogen-bond donors (Lipinski definition) is 0. The highest BCUT2D eigenvalue weighted by atomic mass is 32.1. The Labute approximate surface area is 151 Å². The summed E-state index contributed by atoms with van der Waals surface area (Å²) in [5.41, 5.74) is 2.94. The Morgan fingerprint density at radius 3 is 3.00 bits per heavy atom. The van der Waals surface area contributed by atoms with E-state index in [9.17, 15) is 0 Å². The SMILES string of the molecule is Cc1ncc(CN2CCO[C@@H](c3cccc(-c4cnn(C)c4)n3)C2)s1. The smallest absolute Gasteiger partial charge is 0.112 e. The van der Waals surface area contributed by atoms with Crippen molar-refractivity contribution in [1.82, 2.24) is 24.6 Å². The summed E-state index contributed by atoms with van der Waals surface area (Å²) >= 11 is 1.76. The topological polar surface area (TPSA) is 56.1 Å². The quantitative estimate of drug-likeness (QED) is 0.720. The fourth-order valence-corrected chi connectivity index (χ4v) is 3.91. The van der Waals surface area contributed by atoms with Crippen molar-refractivity contribution in [3.63, 3.8) is 0 Å². The summed E-state index contributed by atoms with van der Waals surface area (Å²) in [6, 6.07) is 6.10. The summed E-state index contributed by atoms with van der Waals surface area (Å²) < 4.78 is 7.79. The molecule has 0 amide bonds. The zero-order chi connectivity index (χ0) is 17.2. The second kappa shape index (κ2) is 7.03. The van der Waals surface area contributed by atoms with Gasteiger partial charge in [-0.25, -0.2) is 9.97 Å². The van der Waals surface area contributed by atoms with Gasteiger partial charge in [-0.05, 0) is 19.1 Å². The molecule has 1 saturated heterocycles. The molecule has 25 heavy (non-hydrogen) atoms. The van der Waals surface area contributed by atoms with Gasteiger partial charge in [0.1, 0.15) is 6.10 Å². The third-order valence-corrected chi connectivity index (χ3v) is 5.20. The molecule has 130 valence electrons. The second-order valence-electron chi connectivity index (χ2n) is 6.29. The number of morpholine rings is 1. The first kappa shape index (κ1) is 16.4. The molecule has 0 spiro atoms. The van der Waals surface area contributed by atoms with Gasteiger partial charge >= 0.3 is 0 Å². The average molecular weight is 355 g/mol. The van der Waals surface area contributed by atoms with Crippen LogP contribution in [0.25, 0.3) is 11.3 Å². The van der Waals surface area contributed by atoms with Crippen LogP contribution in [0.15, 0.2) is 36.8 Å². The van der Waals surface area contributed by atoms with Gasteiger partial charge in [-0.15, -0.1) is 11.3 Å². The number of hydrogen-bond acceptors (Lipinski definition) is 6. The van der Waals surface area contributed by atoms with E-state index in [-0.39, 0.29) is 6.10 Å². The van der Waals surface area contributed by atoms with Gasteiger partial charge in [0.25, 0.3) is 0 Å². The van der Waals surface area contributed by atoms with Gasteiger partial charge in [0.2, 0.25) is 0 Å². The predicted octanol–water partition coefficient (Wildman–Crippen LogP) is 2.82. The van der Waals surface area contributed by atoms with E-state index in [2.05, 4.69) is 15.0 Å². The molecular formula is C18H21N5OS. The van der Waals surface area contributed by atoms with Crippen molar-refractivity contribution in [3.05, 3.63) is 52.4 Å². The van der Waals surface area contributed by atoms with E-state index >= 15 is 0 Å². The third kappa shape index (κ3) is 3.78. The molecule has 0 bridgehead atoms. The lowest BCUT2D eigenvalue weighted by Crippen LogP contribution is -2.37. The van der Waals surface area contributed by atoms with E-state index < -0.39 is 0 Å². The minimum Gasteiger partial charge on any atom is -0.369 e. The predicted molar refractivity (Wildman–Crippen MR) is 97.3 cm³/mol. The first-order chi connectivity index (χ1) is 12.2. The Kier molecular flexibility index (Phi) is 4.61. The first-order valence-electron chi connectivity index (χ1n) is 8.38. The normalized spacial score (nSPS) is 18.6. The van der Waals surface area contributed by atoms with E-state index in [4.69, 9.17) is 9.72 Å². The average Bonchev–Trinajstić information content (AvgIpc) is 3.24. The lowest BCUT2D eigenvalue weighted by atomic mass is 10.1. The van der Waals surface area contributed by atoms with Crippen LogP contribution in [0.4, 0.5) is 0 Å². The molecule has 1 aliphatic rings. The number of nitrogens with zero attached hydrogens (tertiary/aromatic N) is 5. The molecule has 1 atom stereocenters. The molecule has 0 aliphatic carbocycles. The minimum absolute atomic E-state index is 0.000565. The molecule has 0 radical (unpaired) electrons. The molecule has 7 heteroatoms. The Balaban J connectivity index is 1.49. The molecule has 3 aromatic rings. The molecule has 1 fully saturated rings. The molecule has 4 heterocycles. The maximum atomic E-state index is 6.00. The van der Waals surface area contributed by atoms with Gasteiger partial charge in [-0.2, -0.15) is 5.10 Å². The van der Waals surface area contributed by atoms with E-state index in [1.165, 1.54) is 4.88 Å². The van der Waals surface area contributed by atoms with E-state index in [1.54, 1.807) is 16.0 Å². The highest BCUT2D eigenvalue weighted by Crippen LogP contribution is 2.25. The Morgan fingerprint density at radius 1 is 1.32 bits per heavy atom. The van der Waals surface area contributed by atoms with Gasteiger partial charge in [-0.3, -0.25) is 9.58 Å². The number of aromatic nitrogens is 4. The fourth-order valence-electron chi connectivity index (χ4n) is 3.07. The zero-order valence-corrected chi connectivity index (χ0v) is 15.2. The summed E-state index contributed by atoms with van der Waals surface area (Å²) in [4.78, 5) is 12.9. The number of aryl methyl sites for hydroxylation is 2. The van der Waals surface area contributed by atoms with Crippen LogP contribution in [-0.4, -0.2) is 44.3 Å². The molecule has 0 aromatic carbocycles. The van der Waals surface area contributed by atoms with Gasteiger partial charge in [0, 0.05) is 49.5 Å². The minimum atomic E-state index is -0.000565. The van der Waals surface area contributed by atoms with Crippen LogP contribution in [0.5, 0.6) is 0 Å². The molecule has 0 N–H and O–H groups in total. The molecule has 3 aromatic heterocycles. The van der Waals surface area contributed by atoms with Gasteiger partial charge in [0.05, 0.1) is 29.2 Å². The van der Waals surface area contributed by atoms with Crippen molar-refractivity contribution in [2.45, 2.75) is 19.6 Å². The fraction of sp³-hybridized carbons (Fsp3) is 0.389. The first-order valence-corrected chi connectivity index (χ1v) is 9.20. The van der Waals surface area contributed by atoms with Crippen LogP contribution < -0.4 is 0 Å². The van der Waals surface area contributed by atoms with Crippen LogP contribution in [0.3, 0.4) is 0 Å². The van der Waals surface area contributed by atoms with E-state index in [0.717, 1.165) is 48.2 Å². The molecule has 4 rings (SSSR count). The lowest BCUT2D eigenvalue weighted by Gasteiger charge is -2.32. The van der Waals surface area contributed by atoms with Crippen LogP contribution in [0.2, 0.25) is 0 Å². The van der Waals surface area contributed by atoms with Crippen LogP contribution >= 0.6 is 11.3 Å². The molecule has 0 unspecified atom stereocenters. The van der Waals surface area contributed by atoms with Crippen molar-refractivity contribution in [3.8, 4) is 11.3 Å². The van der Waals surface area contributed by atoms with Crippen LogP contribution in [-0.2, 0) is 18.3 Å². The maximum Gasteiger partial charge on any atom is 0.112 e. The summed E-state index contributed by atoms with van der Waals surface area (Å²) in [5, 5.41) is 5.34. The highest BCUT2D eigenvalue weighted by Gasteiger charge is 2.24. The Morgan fingerprint density at radius 2 is 2.24 bits per heavy atom. The summed E-state index contributed by atoms with van der Waals surface area (Å²) in [6.07, 6.45) is 5.80. The van der Waals surface area contributed by atoms with Crippen molar-refractivity contribution < 1.29 is 4.74 Å². The van der Waals surface area contributed by atoms with Crippen molar-refractivity contribution in [1.29, 1.82) is 0 Å². The Bertz CT molecular complexity index is 859. The monoisotopic (exact) mass is 355 g/mol. The van der Waals surface area contributed by atoms with Gasteiger partial charge < -0.3 is 4.74 Å². The summed E-state index contributed by atoms with van der Waals surface area (Å²) in [7, 11) is 1.91.